The predicted molar refractivity (Wildman–Crippen MR) is 99.7 cm³/mol. The van der Waals surface area contributed by atoms with Crippen molar-refractivity contribution >= 4 is 35.5 Å². The highest BCUT2D eigenvalue weighted by molar-refractivity contribution is 6.30. The molecule has 1 aromatic heterocycles. The molecular formula is C18H19ClN4O4. The summed E-state index contributed by atoms with van der Waals surface area (Å²) in [5, 5.41) is 4.73. The van der Waals surface area contributed by atoms with E-state index in [1.807, 2.05) is 13.8 Å². The summed E-state index contributed by atoms with van der Waals surface area (Å²) in [5.41, 5.74) is 7.19. The van der Waals surface area contributed by atoms with Crippen LogP contribution in [0.4, 0.5) is 0 Å². The van der Waals surface area contributed by atoms with Crippen LogP contribution < -0.4 is 10.9 Å². The van der Waals surface area contributed by atoms with Crippen molar-refractivity contribution in [2.75, 3.05) is 6.61 Å². The Bertz CT molecular complexity index is 888. The molecular weight excluding hydrogens is 372 g/mol. The van der Waals surface area contributed by atoms with Gasteiger partial charge in [-0.3, -0.25) is 25.1 Å². The van der Waals surface area contributed by atoms with Crippen LogP contribution in [0, 0.1) is 13.8 Å². The van der Waals surface area contributed by atoms with Crippen LogP contribution in [0.15, 0.2) is 30.3 Å². The van der Waals surface area contributed by atoms with Crippen molar-refractivity contribution in [2.24, 2.45) is 7.05 Å². The zero-order chi connectivity index (χ0) is 20.0. The van der Waals surface area contributed by atoms with E-state index in [1.54, 1.807) is 29.9 Å². The topological polar surface area (TPSA) is 102 Å². The van der Waals surface area contributed by atoms with Gasteiger partial charge in [0.15, 0.2) is 6.61 Å². The third-order valence-corrected chi connectivity index (χ3v) is 3.97. The maximum atomic E-state index is 11.8. The van der Waals surface area contributed by atoms with E-state index in [0.29, 0.717) is 10.6 Å². The molecule has 1 heterocycles. The molecule has 0 fully saturated rings. The Labute approximate surface area is 161 Å². The highest BCUT2D eigenvalue weighted by atomic mass is 35.5. The second-order valence-electron chi connectivity index (χ2n) is 5.66. The molecule has 2 amide bonds. The van der Waals surface area contributed by atoms with E-state index in [0.717, 1.165) is 17.0 Å². The SMILES string of the molecule is Cc1nn(C)c(C)c1/C=C/C(=O)OCC(=O)NNC(=O)c1ccc(Cl)cc1. The summed E-state index contributed by atoms with van der Waals surface area (Å²) in [6, 6.07) is 6.13. The lowest BCUT2D eigenvalue weighted by Crippen LogP contribution is -2.43. The number of carbonyl (C=O) groups is 3. The molecule has 0 radical (unpaired) electrons. The Morgan fingerprint density at radius 2 is 1.85 bits per heavy atom. The quantitative estimate of drug-likeness (QED) is 0.459. The van der Waals surface area contributed by atoms with E-state index in [4.69, 9.17) is 16.3 Å². The summed E-state index contributed by atoms with van der Waals surface area (Å²) >= 11 is 5.74. The molecule has 9 heteroatoms. The molecule has 8 nitrogen and oxygen atoms in total. The highest BCUT2D eigenvalue weighted by Crippen LogP contribution is 2.13. The van der Waals surface area contributed by atoms with Crippen LogP contribution in [0.5, 0.6) is 0 Å². The van der Waals surface area contributed by atoms with Gasteiger partial charge >= 0.3 is 5.97 Å². The van der Waals surface area contributed by atoms with Crippen molar-refractivity contribution in [3.05, 3.63) is 57.9 Å². The predicted octanol–water partition coefficient (Wildman–Crippen LogP) is 1.71. The molecule has 0 aliphatic heterocycles. The maximum absolute atomic E-state index is 11.8. The number of benzene rings is 1. The molecule has 2 aromatic rings. The molecule has 2 rings (SSSR count). The van der Waals surface area contributed by atoms with Crippen molar-refractivity contribution in [3.8, 4) is 0 Å². The fraction of sp³-hybridized carbons (Fsp3) is 0.222. The summed E-state index contributed by atoms with van der Waals surface area (Å²) in [6.07, 6.45) is 2.80. The third kappa shape index (κ3) is 5.68. The summed E-state index contributed by atoms with van der Waals surface area (Å²) < 4.78 is 6.54. The van der Waals surface area contributed by atoms with E-state index in [2.05, 4.69) is 16.0 Å². The number of hydrogen-bond donors (Lipinski definition) is 2. The fourth-order valence-electron chi connectivity index (χ4n) is 2.20. The molecule has 0 aliphatic carbocycles. The second kappa shape index (κ2) is 9.00. The molecule has 0 saturated carbocycles. The molecule has 0 aliphatic rings. The minimum atomic E-state index is -0.683. The first-order valence-corrected chi connectivity index (χ1v) is 8.35. The number of hydrazine groups is 1. The number of nitrogens with zero attached hydrogens (tertiary/aromatic N) is 2. The number of hydrogen-bond acceptors (Lipinski definition) is 5. The smallest absolute Gasteiger partial charge is 0.331 e. The number of esters is 1. The third-order valence-electron chi connectivity index (χ3n) is 3.72. The van der Waals surface area contributed by atoms with Crippen molar-refractivity contribution in [3.63, 3.8) is 0 Å². The van der Waals surface area contributed by atoms with Crippen LogP contribution in [0.3, 0.4) is 0 Å². The number of carbonyl (C=O) groups excluding carboxylic acids is 3. The lowest BCUT2D eigenvalue weighted by atomic mass is 10.2. The number of nitrogens with one attached hydrogen (secondary N) is 2. The first-order valence-electron chi connectivity index (χ1n) is 7.97. The van der Waals surface area contributed by atoms with Gasteiger partial charge in [0.2, 0.25) is 0 Å². The van der Waals surface area contributed by atoms with Crippen LogP contribution in [-0.4, -0.2) is 34.2 Å². The van der Waals surface area contributed by atoms with Crippen LogP contribution in [0.2, 0.25) is 5.02 Å². The molecule has 0 atom stereocenters. The Hall–Kier alpha value is -3.13. The highest BCUT2D eigenvalue weighted by Gasteiger charge is 2.10. The van der Waals surface area contributed by atoms with E-state index >= 15 is 0 Å². The van der Waals surface area contributed by atoms with Crippen LogP contribution in [-0.2, 0) is 21.4 Å². The van der Waals surface area contributed by atoms with Crippen LogP contribution in [0.25, 0.3) is 6.08 Å². The molecule has 142 valence electrons. The van der Waals surface area contributed by atoms with Gasteiger partial charge < -0.3 is 4.74 Å². The summed E-state index contributed by atoms with van der Waals surface area (Å²) in [7, 11) is 1.81. The van der Waals surface area contributed by atoms with Crippen molar-refractivity contribution in [2.45, 2.75) is 13.8 Å². The van der Waals surface area contributed by atoms with Crippen LogP contribution in [0.1, 0.15) is 27.3 Å². The van der Waals surface area contributed by atoms with E-state index < -0.39 is 24.4 Å². The number of amides is 2. The number of rotatable bonds is 5. The van der Waals surface area contributed by atoms with Gasteiger partial charge in [0.25, 0.3) is 11.8 Å². The first-order chi connectivity index (χ1) is 12.8. The number of ether oxygens (including phenoxy) is 1. The monoisotopic (exact) mass is 390 g/mol. The molecule has 0 spiro atoms. The van der Waals surface area contributed by atoms with Gasteiger partial charge in [-0.2, -0.15) is 5.10 Å². The molecule has 27 heavy (non-hydrogen) atoms. The summed E-state index contributed by atoms with van der Waals surface area (Å²) in [4.78, 5) is 35.2. The van der Waals surface area contributed by atoms with Gasteiger partial charge in [-0.15, -0.1) is 0 Å². The normalized spacial score (nSPS) is 10.7. The Kier molecular flexibility index (Phi) is 6.73. The van der Waals surface area contributed by atoms with Crippen molar-refractivity contribution in [1.82, 2.24) is 20.6 Å². The lowest BCUT2D eigenvalue weighted by molar-refractivity contribution is -0.144. The standard InChI is InChI=1S/C18H19ClN4O4/c1-11-15(12(2)23(3)22-11)8-9-17(25)27-10-16(24)20-21-18(26)13-4-6-14(19)7-5-13/h4-9H,10H2,1-3H3,(H,20,24)(H,21,26)/b9-8+. The summed E-state index contributed by atoms with van der Waals surface area (Å²) in [6.45, 7) is 3.17. The zero-order valence-corrected chi connectivity index (χ0v) is 15.8. The number of aromatic nitrogens is 2. The minimum Gasteiger partial charge on any atom is -0.452 e. The van der Waals surface area contributed by atoms with Crippen molar-refractivity contribution < 1.29 is 19.1 Å². The Morgan fingerprint density at radius 3 is 2.44 bits per heavy atom. The van der Waals surface area contributed by atoms with Crippen LogP contribution >= 0.6 is 11.6 Å². The van der Waals surface area contributed by atoms with Gasteiger partial charge in [-0.1, -0.05) is 11.6 Å². The largest absolute Gasteiger partial charge is 0.452 e. The van der Waals surface area contributed by atoms with E-state index in [-0.39, 0.29) is 0 Å². The Morgan fingerprint density at radius 1 is 1.19 bits per heavy atom. The lowest BCUT2D eigenvalue weighted by Gasteiger charge is -2.07. The van der Waals surface area contributed by atoms with E-state index in [1.165, 1.54) is 18.2 Å². The number of halogens is 1. The van der Waals surface area contributed by atoms with Gasteiger partial charge in [0.1, 0.15) is 0 Å². The summed E-state index contributed by atoms with van der Waals surface area (Å²) in [5.74, 6) is -1.88. The van der Waals surface area contributed by atoms with Gasteiger partial charge in [0.05, 0.1) is 5.69 Å². The second-order valence-corrected chi connectivity index (χ2v) is 6.09. The molecule has 1 aromatic carbocycles. The van der Waals surface area contributed by atoms with Gasteiger partial charge in [-0.05, 0) is 44.2 Å². The van der Waals surface area contributed by atoms with Gasteiger partial charge in [-0.25, -0.2) is 4.79 Å². The molecule has 0 unspecified atom stereocenters. The van der Waals surface area contributed by atoms with Crippen molar-refractivity contribution in [1.29, 1.82) is 0 Å². The molecule has 0 saturated heterocycles. The minimum absolute atomic E-state index is 0.321. The maximum Gasteiger partial charge on any atom is 0.331 e. The molecule has 0 bridgehead atoms. The van der Waals surface area contributed by atoms with E-state index in [9.17, 15) is 14.4 Å². The number of aryl methyl sites for hydroxylation is 2. The first kappa shape index (κ1) is 20.2. The molecule has 2 N–H and O–H groups in total. The fourth-order valence-corrected chi connectivity index (χ4v) is 2.33. The Balaban J connectivity index is 1.77. The average Bonchev–Trinajstić information content (AvgIpc) is 2.88. The van der Waals surface area contributed by atoms with Gasteiger partial charge in [0, 0.05) is 35.0 Å². The average molecular weight is 391 g/mol. The zero-order valence-electron chi connectivity index (χ0n) is 15.1.